The summed E-state index contributed by atoms with van der Waals surface area (Å²) < 4.78 is 5.47. The minimum absolute atomic E-state index is 0.710. The monoisotopic (exact) mass is 208 g/mol. The van der Waals surface area contributed by atoms with E-state index in [-0.39, 0.29) is 0 Å². The molecule has 1 aromatic rings. The lowest BCUT2D eigenvalue weighted by Crippen LogP contribution is -2.19. The first kappa shape index (κ1) is 12.1. The first-order valence-electron chi connectivity index (χ1n) is 5.56. The lowest BCUT2D eigenvalue weighted by molar-refractivity contribution is 0.0530. The van der Waals surface area contributed by atoms with Crippen molar-refractivity contribution in [3.05, 3.63) is 29.8 Å². The van der Waals surface area contributed by atoms with Crippen LogP contribution in [0.25, 0.3) is 0 Å². The van der Waals surface area contributed by atoms with Gasteiger partial charge in [0.05, 0.1) is 12.2 Å². The highest BCUT2D eigenvalue weighted by Crippen LogP contribution is 2.25. The summed E-state index contributed by atoms with van der Waals surface area (Å²) in [7, 11) is 0. The molecular weight excluding hydrogens is 188 g/mol. The number of aliphatic hydroxyl groups is 1. The quantitative estimate of drug-likeness (QED) is 0.805. The van der Waals surface area contributed by atoms with E-state index in [4.69, 9.17) is 4.74 Å². The van der Waals surface area contributed by atoms with Gasteiger partial charge in [-0.25, -0.2) is 0 Å². The highest BCUT2D eigenvalue weighted by Gasteiger charge is 2.19. The van der Waals surface area contributed by atoms with E-state index in [1.165, 1.54) is 0 Å². The van der Waals surface area contributed by atoms with E-state index < -0.39 is 5.60 Å². The molecule has 0 saturated heterocycles. The summed E-state index contributed by atoms with van der Waals surface area (Å²) in [5.41, 5.74) is 0.206. The molecule has 1 rings (SSSR count). The highest BCUT2D eigenvalue weighted by molar-refractivity contribution is 5.30. The number of benzene rings is 1. The molecule has 2 nitrogen and oxygen atoms in total. The molecule has 1 N–H and O–H groups in total. The molecule has 84 valence electrons. The van der Waals surface area contributed by atoms with Crippen molar-refractivity contribution in [3.8, 4) is 5.75 Å². The average Bonchev–Trinajstić information content (AvgIpc) is 2.27. The number of hydrogen-bond donors (Lipinski definition) is 1. The van der Waals surface area contributed by atoms with Crippen molar-refractivity contribution in [3.63, 3.8) is 0 Å². The molecule has 2 heteroatoms. The third-order valence-electron chi connectivity index (χ3n) is 2.64. The van der Waals surface area contributed by atoms with Crippen molar-refractivity contribution < 1.29 is 9.84 Å². The zero-order valence-electron chi connectivity index (χ0n) is 9.79. The molecular formula is C13H20O2. The molecule has 0 bridgehead atoms. The average molecular weight is 208 g/mol. The van der Waals surface area contributed by atoms with Gasteiger partial charge in [-0.05, 0) is 37.5 Å². The maximum Gasteiger partial charge on any atom is 0.119 e. The Labute approximate surface area is 91.9 Å². The molecule has 0 aromatic heterocycles. The first-order chi connectivity index (χ1) is 7.10. The van der Waals surface area contributed by atoms with Crippen LogP contribution in [0.5, 0.6) is 5.75 Å². The van der Waals surface area contributed by atoms with Crippen molar-refractivity contribution in [2.45, 2.75) is 39.2 Å². The molecule has 0 radical (unpaired) electrons. The molecule has 1 atom stereocenters. The standard InChI is InChI=1S/C13H20O2/c1-4-10-15-12-8-6-11(7-9-12)13(3,14)5-2/h6-9,14H,4-5,10H2,1-3H3. The summed E-state index contributed by atoms with van der Waals surface area (Å²) in [5.74, 6) is 0.868. The summed E-state index contributed by atoms with van der Waals surface area (Å²) in [6, 6.07) is 7.67. The van der Waals surface area contributed by atoms with Gasteiger partial charge in [0.1, 0.15) is 5.75 Å². The SMILES string of the molecule is CCCOc1ccc(C(C)(O)CC)cc1. The van der Waals surface area contributed by atoms with Gasteiger partial charge >= 0.3 is 0 Å². The van der Waals surface area contributed by atoms with E-state index in [0.29, 0.717) is 6.42 Å². The molecule has 0 aliphatic rings. The van der Waals surface area contributed by atoms with Gasteiger partial charge in [-0.2, -0.15) is 0 Å². The van der Waals surface area contributed by atoms with Crippen molar-refractivity contribution >= 4 is 0 Å². The van der Waals surface area contributed by atoms with Gasteiger partial charge in [0.15, 0.2) is 0 Å². The number of rotatable bonds is 5. The van der Waals surface area contributed by atoms with Crippen molar-refractivity contribution in [1.82, 2.24) is 0 Å². The van der Waals surface area contributed by atoms with Gasteiger partial charge in [-0.15, -0.1) is 0 Å². The Bertz CT molecular complexity index is 288. The smallest absolute Gasteiger partial charge is 0.119 e. The largest absolute Gasteiger partial charge is 0.494 e. The van der Waals surface area contributed by atoms with Gasteiger partial charge in [0, 0.05) is 0 Å². The van der Waals surface area contributed by atoms with Crippen LogP contribution in [0.4, 0.5) is 0 Å². The van der Waals surface area contributed by atoms with Crippen LogP contribution in [0.15, 0.2) is 24.3 Å². The molecule has 0 heterocycles. The van der Waals surface area contributed by atoms with Crippen molar-refractivity contribution in [2.75, 3.05) is 6.61 Å². The summed E-state index contributed by atoms with van der Waals surface area (Å²) in [5, 5.41) is 10.0. The van der Waals surface area contributed by atoms with E-state index in [2.05, 4.69) is 6.92 Å². The molecule has 0 aliphatic carbocycles. The third-order valence-corrected chi connectivity index (χ3v) is 2.64. The molecule has 0 saturated carbocycles. The maximum absolute atomic E-state index is 10.0. The number of hydrogen-bond acceptors (Lipinski definition) is 2. The van der Waals surface area contributed by atoms with Gasteiger partial charge in [-0.3, -0.25) is 0 Å². The van der Waals surface area contributed by atoms with Crippen LogP contribution < -0.4 is 4.74 Å². The van der Waals surface area contributed by atoms with Gasteiger partial charge in [0.25, 0.3) is 0 Å². The van der Waals surface area contributed by atoms with Crippen LogP contribution in [0.3, 0.4) is 0 Å². The Morgan fingerprint density at radius 3 is 2.27 bits per heavy atom. The summed E-state index contributed by atoms with van der Waals surface area (Å²) in [4.78, 5) is 0. The number of ether oxygens (including phenoxy) is 1. The molecule has 1 aromatic carbocycles. The van der Waals surface area contributed by atoms with E-state index in [0.717, 1.165) is 24.3 Å². The zero-order valence-corrected chi connectivity index (χ0v) is 9.79. The fourth-order valence-corrected chi connectivity index (χ4v) is 1.33. The van der Waals surface area contributed by atoms with Crippen LogP contribution in [-0.4, -0.2) is 11.7 Å². The fourth-order valence-electron chi connectivity index (χ4n) is 1.33. The highest BCUT2D eigenvalue weighted by atomic mass is 16.5. The molecule has 0 aliphatic heterocycles. The topological polar surface area (TPSA) is 29.5 Å². The van der Waals surface area contributed by atoms with E-state index in [1.54, 1.807) is 0 Å². The van der Waals surface area contributed by atoms with Crippen LogP contribution in [0.2, 0.25) is 0 Å². The minimum Gasteiger partial charge on any atom is -0.494 e. The van der Waals surface area contributed by atoms with Crippen LogP contribution in [0.1, 0.15) is 39.2 Å². The zero-order chi connectivity index (χ0) is 11.3. The molecule has 1 unspecified atom stereocenters. The van der Waals surface area contributed by atoms with Crippen molar-refractivity contribution in [2.24, 2.45) is 0 Å². The van der Waals surface area contributed by atoms with Gasteiger partial charge < -0.3 is 9.84 Å². The Morgan fingerprint density at radius 1 is 1.20 bits per heavy atom. The Balaban J connectivity index is 2.72. The Hall–Kier alpha value is -1.02. The maximum atomic E-state index is 10.0. The predicted molar refractivity (Wildman–Crippen MR) is 62.1 cm³/mol. The first-order valence-corrected chi connectivity index (χ1v) is 5.56. The van der Waals surface area contributed by atoms with E-state index in [9.17, 15) is 5.11 Å². The predicted octanol–water partition coefficient (Wildman–Crippen LogP) is 3.09. The van der Waals surface area contributed by atoms with E-state index >= 15 is 0 Å². The Kier molecular flexibility index (Phi) is 4.15. The second-order valence-electron chi connectivity index (χ2n) is 4.00. The van der Waals surface area contributed by atoms with Gasteiger partial charge in [-0.1, -0.05) is 26.0 Å². The molecule has 0 amide bonds. The summed E-state index contributed by atoms with van der Waals surface area (Å²) in [6.45, 7) is 6.62. The van der Waals surface area contributed by atoms with Crippen LogP contribution >= 0.6 is 0 Å². The van der Waals surface area contributed by atoms with E-state index in [1.807, 2.05) is 38.1 Å². The van der Waals surface area contributed by atoms with Crippen molar-refractivity contribution in [1.29, 1.82) is 0 Å². The molecule has 15 heavy (non-hydrogen) atoms. The molecule has 0 fully saturated rings. The Morgan fingerprint density at radius 2 is 1.80 bits per heavy atom. The lowest BCUT2D eigenvalue weighted by atomic mass is 9.93. The third kappa shape index (κ3) is 3.24. The summed E-state index contributed by atoms with van der Waals surface area (Å²) >= 11 is 0. The fraction of sp³-hybridized carbons (Fsp3) is 0.538. The second-order valence-corrected chi connectivity index (χ2v) is 4.00. The van der Waals surface area contributed by atoms with Gasteiger partial charge in [0.2, 0.25) is 0 Å². The second kappa shape index (κ2) is 5.17. The van der Waals surface area contributed by atoms with Crippen LogP contribution in [0, 0.1) is 0 Å². The minimum atomic E-state index is -0.733. The lowest BCUT2D eigenvalue weighted by Gasteiger charge is -2.21. The molecule has 0 spiro atoms. The van der Waals surface area contributed by atoms with Crippen LogP contribution in [-0.2, 0) is 5.60 Å². The summed E-state index contributed by atoms with van der Waals surface area (Å²) in [6.07, 6.45) is 1.72. The normalized spacial score (nSPS) is 14.7.